The van der Waals surface area contributed by atoms with Crippen molar-refractivity contribution in [3.8, 4) is 11.5 Å². The van der Waals surface area contributed by atoms with Crippen LogP contribution in [0.5, 0.6) is 11.5 Å². The van der Waals surface area contributed by atoms with Crippen molar-refractivity contribution in [2.45, 2.75) is 13.8 Å². The molecule has 2 aromatic carbocycles. The second kappa shape index (κ2) is 4.92. The Hall–Kier alpha value is -2.29. The third kappa shape index (κ3) is 2.69. The second-order valence-electron chi connectivity index (χ2n) is 4.28. The van der Waals surface area contributed by atoms with E-state index in [9.17, 15) is 10.2 Å². The molecule has 3 nitrogen and oxygen atoms in total. The molecule has 0 bridgehead atoms. The molecule has 0 radical (unpaired) electrons. The van der Waals surface area contributed by atoms with Crippen molar-refractivity contribution in [3.63, 3.8) is 0 Å². The molecule has 0 spiro atoms. The molecular weight excluding hydrogens is 226 g/mol. The smallest absolute Gasteiger partial charge is 0.121 e. The van der Waals surface area contributed by atoms with Gasteiger partial charge in [-0.3, -0.25) is 4.99 Å². The van der Waals surface area contributed by atoms with Crippen molar-refractivity contribution >= 4 is 11.9 Å². The lowest BCUT2D eigenvalue weighted by molar-refractivity contribution is 0.467. The topological polar surface area (TPSA) is 52.8 Å². The SMILES string of the molecule is Cc1cc(C=Nc2cccc(O)c2)cc(C)c1O. The van der Waals surface area contributed by atoms with E-state index in [-0.39, 0.29) is 5.75 Å². The Bertz CT molecular complexity index is 580. The number of nitrogens with zero attached hydrogens (tertiary/aromatic N) is 1. The van der Waals surface area contributed by atoms with Crippen LogP contribution in [0.2, 0.25) is 0 Å². The van der Waals surface area contributed by atoms with Crippen LogP contribution in [0.3, 0.4) is 0 Å². The first-order valence-electron chi connectivity index (χ1n) is 5.69. The Balaban J connectivity index is 2.29. The zero-order valence-corrected chi connectivity index (χ0v) is 10.4. The summed E-state index contributed by atoms with van der Waals surface area (Å²) in [6.07, 6.45) is 1.72. The fourth-order valence-corrected chi connectivity index (χ4v) is 1.79. The summed E-state index contributed by atoms with van der Waals surface area (Å²) in [6, 6.07) is 10.5. The summed E-state index contributed by atoms with van der Waals surface area (Å²) in [5, 5.41) is 19.0. The third-order valence-corrected chi connectivity index (χ3v) is 2.71. The number of benzene rings is 2. The van der Waals surface area contributed by atoms with Crippen LogP contribution in [-0.2, 0) is 0 Å². The van der Waals surface area contributed by atoms with Gasteiger partial charge in [-0.05, 0) is 54.8 Å². The van der Waals surface area contributed by atoms with E-state index >= 15 is 0 Å². The number of aromatic hydroxyl groups is 2. The van der Waals surface area contributed by atoms with Crippen LogP contribution in [0.1, 0.15) is 16.7 Å². The maximum Gasteiger partial charge on any atom is 0.121 e. The largest absolute Gasteiger partial charge is 0.508 e. The minimum Gasteiger partial charge on any atom is -0.508 e. The molecule has 0 aliphatic carbocycles. The van der Waals surface area contributed by atoms with Crippen molar-refractivity contribution in [2.75, 3.05) is 0 Å². The summed E-state index contributed by atoms with van der Waals surface area (Å²) in [6.45, 7) is 3.71. The van der Waals surface area contributed by atoms with Crippen molar-refractivity contribution in [1.82, 2.24) is 0 Å². The summed E-state index contributed by atoms with van der Waals surface area (Å²) in [5.74, 6) is 0.521. The molecule has 0 saturated heterocycles. The van der Waals surface area contributed by atoms with Gasteiger partial charge in [0, 0.05) is 12.3 Å². The zero-order valence-electron chi connectivity index (χ0n) is 10.4. The number of hydrogen-bond donors (Lipinski definition) is 2. The lowest BCUT2D eigenvalue weighted by Crippen LogP contribution is -1.87. The molecule has 2 rings (SSSR count). The number of aryl methyl sites for hydroxylation is 2. The Morgan fingerprint density at radius 2 is 1.67 bits per heavy atom. The quantitative estimate of drug-likeness (QED) is 0.791. The maximum absolute atomic E-state index is 9.67. The van der Waals surface area contributed by atoms with E-state index in [1.807, 2.05) is 32.0 Å². The van der Waals surface area contributed by atoms with Gasteiger partial charge in [-0.15, -0.1) is 0 Å². The van der Waals surface area contributed by atoms with Crippen LogP contribution in [0.25, 0.3) is 0 Å². The van der Waals surface area contributed by atoms with E-state index in [4.69, 9.17) is 0 Å². The normalized spacial score (nSPS) is 11.0. The van der Waals surface area contributed by atoms with E-state index in [0.717, 1.165) is 16.7 Å². The zero-order chi connectivity index (χ0) is 13.1. The summed E-state index contributed by atoms with van der Waals surface area (Å²) in [5.41, 5.74) is 3.27. The predicted octanol–water partition coefficient (Wildman–Crippen LogP) is 3.47. The molecule has 92 valence electrons. The molecule has 0 unspecified atom stereocenters. The Morgan fingerprint density at radius 3 is 2.28 bits per heavy atom. The molecular formula is C15H15NO2. The maximum atomic E-state index is 9.67. The second-order valence-corrected chi connectivity index (χ2v) is 4.28. The van der Waals surface area contributed by atoms with Crippen molar-refractivity contribution in [1.29, 1.82) is 0 Å². The number of aliphatic imine (C=N–C) groups is 1. The monoisotopic (exact) mass is 241 g/mol. The summed E-state index contributed by atoms with van der Waals surface area (Å²) >= 11 is 0. The molecule has 0 amide bonds. The molecule has 0 saturated carbocycles. The first-order valence-corrected chi connectivity index (χ1v) is 5.69. The molecule has 0 atom stereocenters. The number of phenols is 2. The molecule has 0 aliphatic rings. The molecule has 0 heterocycles. The van der Waals surface area contributed by atoms with Gasteiger partial charge in [0.05, 0.1) is 5.69 Å². The first-order chi connectivity index (χ1) is 8.56. The van der Waals surface area contributed by atoms with Crippen LogP contribution < -0.4 is 0 Å². The summed E-state index contributed by atoms with van der Waals surface area (Å²) in [4.78, 5) is 4.28. The molecule has 2 N–H and O–H groups in total. The lowest BCUT2D eigenvalue weighted by atomic mass is 10.1. The van der Waals surface area contributed by atoms with Gasteiger partial charge in [0.25, 0.3) is 0 Å². The Morgan fingerprint density at radius 1 is 1.00 bits per heavy atom. The summed E-state index contributed by atoms with van der Waals surface area (Å²) in [7, 11) is 0. The highest BCUT2D eigenvalue weighted by molar-refractivity contribution is 5.83. The van der Waals surface area contributed by atoms with Gasteiger partial charge in [0.2, 0.25) is 0 Å². The molecule has 2 aromatic rings. The first kappa shape index (κ1) is 12.2. The van der Waals surface area contributed by atoms with Gasteiger partial charge in [0.15, 0.2) is 0 Å². The molecule has 18 heavy (non-hydrogen) atoms. The summed E-state index contributed by atoms with van der Waals surface area (Å²) < 4.78 is 0. The van der Waals surface area contributed by atoms with Gasteiger partial charge in [-0.2, -0.15) is 0 Å². The van der Waals surface area contributed by atoms with Crippen LogP contribution in [0.4, 0.5) is 5.69 Å². The lowest BCUT2D eigenvalue weighted by Gasteiger charge is -2.04. The average molecular weight is 241 g/mol. The van der Waals surface area contributed by atoms with Crippen LogP contribution in [-0.4, -0.2) is 16.4 Å². The average Bonchev–Trinajstić information content (AvgIpc) is 2.33. The van der Waals surface area contributed by atoms with Gasteiger partial charge in [0.1, 0.15) is 11.5 Å². The minimum atomic E-state index is 0.197. The van der Waals surface area contributed by atoms with E-state index in [2.05, 4.69) is 4.99 Å². The molecule has 0 fully saturated rings. The van der Waals surface area contributed by atoms with Crippen LogP contribution in [0, 0.1) is 13.8 Å². The Kier molecular flexibility index (Phi) is 3.33. The molecule has 3 heteroatoms. The highest BCUT2D eigenvalue weighted by Crippen LogP contribution is 2.23. The van der Waals surface area contributed by atoms with E-state index in [0.29, 0.717) is 11.4 Å². The van der Waals surface area contributed by atoms with E-state index in [1.165, 1.54) is 0 Å². The van der Waals surface area contributed by atoms with Crippen molar-refractivity contribution < 1.29 is 10.2 Å². The minimum absolute atomic E-state index is 0.197. The standard InChI is InChI=1S/C15H15NO2/c1-10-6-12(7-11(2)15(10)18)9-16-13-4-3-5-14(17)8-13/h3-9,17-18H,1-2H3. The Labute approximate surface area is 106 Å². The van der Waals surface area contributed by atoms with Gasteiger partial charge >= 0.3 is 0 Å². The van der Waals surface area contributed by atoms with Crippen LogP contribution in [0.15, 0.2) is 41.4 Å². The fraction of sp³-hybridized carbons (Fsp3) is 0.133. The van der Waals surface area contributed by atoms with Gasteiger partial charge in [-0.1, -0.05) is 6.07 Å². The van der Waals surface area contributed by atoms with Crippen molar-refractivity contribution in [3.05, 3.63) is 53.1 Å². The van der Waals surface area contributed by atoms with Crippen molar-refractivity contribution in [2.24, 2.45) is 4.99 Å². The highest BCUT2D eigenvalue weighted by Gasteiger charge is 2.01. The number of phenolic OH excluding ortho intramolecular Hbond substituents is 2. The van der Waals surface area contributed by atoms with E-state index < -0.39 is 0 Å². The fourth-order valence-electron chi connectivity index (χ4n) is 1.79. The third-order valence-electron chi connectivity index (χ3n) is 2.71. The van der Waals surface area contributed by atoms with Gasteiger partial charge in [-0.25, -0.2) is 0 Å². The number of rotatable bonds is 2. The van der Waals surface area contributed by atoms with E-state index in [1.54, 1.807) is 24.4 Å². The van der Waals surface area contributed by atoms with Crippen LogP contribution >= 0.6 is 0 Å². The molecule has 0 aromatic heterocycles. The highest BCUT2D eigenvalue weighted by atomic mass is 16.3. The van der Waals surface area contributed by atoms with Gasteiger partial charge < -0.3 is 10.2 Å². The number of hydrogen-bond acceptors (Lipinski definition) is 3. The molecule has 0 aliphatic heterocycles. The predicted molar refractivity (Wildman–Crippen MR) is 72.9 cm³/mol.